The average Bonchev–Trinajstić information content (AvgIpc) is 3.25. The monoisotopic (exact) mass is 463 g/mol. The van der Waals surface area contributed by atoms with Crippen LogP contribution in [0.15, 0.2) is 61.2 Å². The molecule has 9 heteroatoms. The zero-order valence-corrected chi connectivity index (χ0v) is 20.2. The van der Waals surface area contributed by atoms with E-state index in [1.807, 2.05) is 69.9 Å². The summed E-state index contributed by atoms with van der Waals surface area (Å²) in [6.45, 7) is 2.83. The van der Waals surface area contributed by atoms with E-state index in [-0.39, 0.29) is 6.10 Å². The molecule has 0 aliphatic rings. The van der Waals surface area contributed by atoms with Gasteiger partial charge >= 0.3 is 0 Å². The Balaban J connectivity index is 1.60. The highest BCUT2D eigenvalue weighted by atomic mass is 16.5. The molecule has 8 nitrogen and oxygen atoms in total. The van der Waals surface area contributed by atoms with Gasteiger partial charge in [-0.15, -0.1) is 0 Å². The zero-order valence-electron chi connectivity index (χ0n) is 20.2. The van der Waals surface area contributed by atoms with Gasteiger partial charge in [0.2, 0.25) is 0 Å². The second-order valence-corrected chi connectivity index (χ2v) is 8.95. The maximum Gasteiger partial charge on any atom is 0.145 e. The third-order valence-electron chi connectivity index (χ3n) is 5.66. The summed E-state index contributed by atoms with van der Waals surface area (Å²) in [7, 11) is 11.8. The average molecular weight is 463 g/mol. The third kappa shape index (κ3) is 4.95. The molecule has 5 rings (SSSR count). The fourth-order valence-corrected chi connectivity index (χ4v) is 4.20. The van der Waals surface area contributed by atoms with E-state index < -0.39 is 0 Å². The van der Waals surface area contributed by atoms with E-state index in [2.05, 4.69) is 37.2 Å². The van der Waals surface area contributed by atoms with Gasteiger partial charge < -0.3 is 15.0 Å². The first-order valence-corrected chi connectivity index (χ1v) is 11.4. The molecule has 0 unspecified atom stereocenters. The Morgan fingerprint density at radius 2 is 1.91 bits per heavy atom. The predicted molar refractivity (Wildman–Crippen MR) is 141 cm³/mol. The van der Waals surface area contributed by atoms with E-state index in [0.29, 0.717) is 17.2 Å². The number of benzene rings is 2. The molecule has 1 atom stereocenters. The minimum atomic E-state index is -0.0393. The van der Waals surface area contributed by atoms with Crippen molar-refractivity contribution < 1.29 is 4.74 Å². The molecule has 5 aromatic rings. The number of anilines is 2. The van der Waals surface area contributed by atoms with E-state index in [0.717, 1.165) is 45.2 Å². The molecule has 0 spiro atoms. The number of nitrogens with zero attached hydrogens (tertiary/aromatic N) is 6. The highest BCUT2D eigenvalue weighted by Gasteiger charge is 2.17. The normalized spacial score (nSPS) is 12.4. The number of hydrogen-bond acceptors (Lipinski definition) is 7. The van der Waals surface area contributed by atoms with Gasteiger partial charge in [0.25, 0.3) is 0 Å². The Morgan fingerprint density at radius 1 is 1.06 bits per heavy atom. The summed E-state index contributed by atoms with van der Waals surface area (Å²) in [6.07, 6.45) is 5.34. The van der Waals surface area contributed by atoms with Gasteiger partial charge in [0, 0.05) is 36.4 Å². The fraction of sp³-hybridized carbons (Fsp3) is 0.231. The molecule has 1 N–H and O–H groups in total. The maximum absolute atomic E-state index is 6.46. The summed E-state index contributed by atoms with van der Waals surface area (Å²) in [4.78, 5) is 15.6. The molecule has 174 valence electrons. The van der Waals surface area contributed by atoms with Crippen molar-refractivity contribution in [2.45, 2.75) is 13.0 Å². The molecule has 0 saturated heterocycles. The third-order valence-corrected chi connectivity index (χ3v) is 5.66. The molecule has 3 heterocycles. The quantitative estimate of drug-likeness (QED) is 0.371. The van der Waals surface area contributed by atoms with E-state index in [9.17, 15) is 0 Å². The summed E-state index contributed by atoms with van der Waals surface area (Å²) >= 11 is 0. The molecule has 0 aliphatic heterocycles. The Hall–Kier alpha value is -3.98. The van der Waals surface area contributed by atoms with Gasteiger partial charge in [0.15, 0.2) is 0 Å². The van der Waals surface area contributed by atoms with E-state index in [4.69, 9.17) is 12.6 Å². The maximum atomic E-state index is 6.46. The van der Waals surface area contributed by atoms with E-state index in [1.165, 1.54) is 0 Å². The lowest BCUT2D eigenvalue weighted by Gasteiger charge is -2.21. The van der Waals surface area contributed by atoms with Gasteiger partial charge in [0.05, 0.1) is 22.6 Å². The SMILES string of the molecule is [B]c1ccc2cc(Nc3ncnc4cc(-c5cnn(C)c5)cc(O[C@H](C)CN(C)C)c34)ccc2n1. The Kier molecular flexibility index (Phi) is 6.09. The fourth-order valence-electron chi connectivity index (χ4n) is 4.20. The summed E-state index contributed by atoms with van der Waals surface area (Å²) in [5.41, 5.74) is 4.98. The van der Waals surface area contributed by atoms with Crippen LogP contribution in [0.2, 0.25) is 0 Å². The van der Waals surface area contributed by atoms with Crippen molar-refractivity contribution in [2.75, 3.05) is 26.0 Å². The van der Waals surface area contributed by atoms with E-state index >= 15 is 0 Å². The molecule has 2 aromatic carbocycles. The van der Waals surface area contributed by atoms with Crippen LogP contribution in [0.4, 0.5) is 11.5 Å². The first-order chi connectivity index (χ1) is 16.9. The number of nitrogens with one attached hydrogen (secondary N) is 1. The summed E-state index contributed by atoms with van der Waals surface area (Å²) in [5.74, 6) is 1.39. The van der Waals surface area contributed by atoms with Crippen LogP contribution in [0, 0.1) is 0 Å². The van der Waals surface area contributed by atoms with Crippen LogP contribution in [-0.4, -0.2) is 64.2 Å². The highest BCUT2D eigenvalue weighted by Crippen LogP contribution is 2.37. The van der Waals surface area contributed by atoms with Crippen molar-refractivity contribution in [3.63, 3.8) is 0 Å². The van der Waals surface area contributed by atoms with E-state index in [1.54, 1.807) is 17.1 Å². The Bertz CT molecular complexity index is 1510. The molecular weight excluding hydrogens is 437 g/mol. The minimum Gasteiger partial charge on any atom is -0.489 e. The Labute approximate surface area is 205 Å². The number of aromatic nitrogens is 5. The number of hydrogen-bond donors (Lipinski definition) is 1. The van der Waals surface area contributed by atoms with Crippen molar-refractivity contribution in [3.05, 3.63) is 61.2 Å². The molecular formula is C26H26BN7O. The molecule has 2 radical (unpaired) electrons. The predicted octanol–water partition coefficient (Wildman–Crippen LogP) is 3.44. The van der Waals surface area contributed by atoms with Crippen LogP contribution in [0.1, 0.15) is 6.92 Å². The summed E-state index contributed by atoms with van der Waals surface area (Å²) in [6, 6.07) is 13.7. The largest absolute Gasteiger partial charge is 0.489 e. The standard InChI is InChI=1S/C26H26BN7O/c1-16(13-33(2)3)35-23-11-18(19-12-30-34(4)14-19)10-22-25(23)26(29-15-28-22)31-20-6-7-21-17(9-20)5-8-24(27)32-21/h5-12,14-16H,13H2,1-4H3,(H,28,29,31)/t16-/m1/s1. The number of pyridine rings is 1. The second kappa shape index (κ2) is 9.35. The van der Waals surface area contributed by atoms with Gasteiger partial charge in [-0.05, 0) is 62.5 Å². The number of fused-ring (bicyclic) bond motifs is 2. The van der Waals surface area contributed by atoms with Crippen molar-refractivity contribution in [1.29, 1.82) is 0 Å². The zero-order chi connectivity index (χ0) is 24.5. The van der Waals surface area contributed by atoms with Crippen LogP contribution < -0.4 is 15.6 Å². The lowest BCUT2D eigenvalue weighted by molar-refractivity contribution is 0.179. The van der Waals surface area contributed by atoms with Crippen LogP contribution in [0.25, 0.3) is 32.9 Å². The first-order valence-electron chi connectivity index (χ1n) is 11.4. The van der Waals surface area contributed by atoms with Gasteiger partial charge in [-0.2, -0.15) is 5.10 Å². The number of rotatable bonds is 7. The van der Waals surface area contributed by atoms with Crippen LogP contribution in [0.3, 0.4) is 0 Å². The number of likely N-dealkylation sites (N-methyl/N-ethyl adjacent to an activating group) is 1. The van der Waals surface area contributed by atoms with Gasteiger partial charge in [0.1, 0.15) is 31.8 Å². The van der Waals surface area contributed by atoms with Crippen molar-refractivity contribution >= 4 is 46.8 Å². The smallest absolute Gasteiger partial charge is 0.145 e. The van der Waals surface area contributed by atoms with Crippen LogP contribution in [0.5, 0.6) is 5.75 Å². The molecule has 35 heavy (non-hydrogen) atoms. The summed E-state index contributed by atoms with van der Waals surface area (Å²) in [5, 5.41) is 9.58. The Morgan fingerprint density at radius 3 is 2.69 bits per heavy atom. The number of aryl methyl sites for hydroxylation is 1. The van der Waals surface area contributed by atoms with Crippen molar-refractivity contribution in [3.8, 4) is 16.9 Å². The van der Waals surface area contributed by atoms with Crippen molar-refractivity contribution in [1.82, 2.24) is 29.6 Å². The van der Waals surface area contributed by atoms with Gasteiger partial charge in [-0.1, -0.05) is 12.1 Å². The van der Waals surface area contributed by atoms with Crippen LogP contribution in [-0.2, 0) is 7.05 Å². The highest BCUT2D eigenvalue weighted by molar-refractivity contribution is 6.31. The molecule has 0 bridgehead atoms. The first kappa shape index (κ1) is 22.8. The molecule has 3 aromatic heterocycles. The summed E-state index contributed by atoms with van der Waals surface area (Å²) < 4.78 is 8.24. The topological polar surface area (TPSA) is 81.0 Å². The van der Waals surface area contributed by atoms with Gasteiger partial charge in [-0.3, -0.25) is 9.67 Å². The second-order valence-electron chi connectivity index (χ2n) is 8.95. The molecule has 0 aliphatic carbocycles. The number of ether oxygens (including phenoxy) is 1. The lowest BCUT2D eigenvalue weighted by atomic mass is 10.0. The molecule has 0 fully saturated rings. The van der Waals surface area contributed by atoms with Crippen LogP contribution >= 0.6 is 0 Å². The van der Waals surface area contributed by atoms with Crippen molar-refractivity contribution in [2.24, 2.45) is 7.05 Å². The molecule has 0 amide bonds. The minimum absolute atomic E-state index is 0.0393. The van der Waals surface area contributed by atoms with Gasteiger partial charge in [-0.25, -0.2) is 9.97 Å². The lowest BCUT2D eigenvalue weighted by Crippen LogP contribution is -2.28. The molecule has 0 saturated carbocycles.